The number of ether oxygens (including phenoxy) is 3. The summed E-state index contributed by atoms with van der Waals surface area (Å²) < 4.78 is 15.8. The number of fused-ring (bicyclic) bond motifs is 1. The third-order valence-electron chi connectivity index (χ3n) is 5.97. The second-order valence-electron chi connectivity index (χ2n) is 7.80. The summed E-state index contributed by atoms with van der Waals surface area (Å²) in [6.45, 7) is 1.90. The van der Waals surface area contributed by atoms with Gasteiger partial charge in [-0.2, -0.15) is 0 Å². The van der Waals surface area contributed by atoms with Gasteiger partial charge in [0.05, 0.1) is 38.7 Å². The predicted octanol–water partition coefficient (Wildman–Crippen LogP) is 3.93. The molecule has 1 aliphatic carbocycles. The van der Waals surface area contributed by atoms with Crippen molar-refractivity contribution in [1.82, 2.24) is 0 Å². The van der Waals surface area contributed by atoms with Crippen molar-refractivity contribution in [2.24, 2.45) is 11.8 Å². The highest BCUT2D eigenvalue weighted by Crippen LogP contribution is 2.44. The first kappa shape index (κ1) is 20.8. The van der Waals surface area contributed by atoms with Gasteiger partial charge < -0.3 is 24.8 Å². The van der Waals surface area contributed by atoms with Crippen molar-refractivity contribution < 1.29 is 23.8 Å². The Balaban J connectivity index is 1.88. The van der Waals surface area contributed by atoms with Crippen molar-refractivity contribution in [3.8, 4) is 11.5 Å². The number of Topliss-reactive ketones (excluding diaryl/α,β-unsaturated/α-hetero) is 1. The number of nitrogens with one attached hydrogen (secondary N) is 2. The minimum absolute atomic E-state index is 0.178. The van der Waals surface area contributed by atoms with Crippen LogP contribution in [0, 0.1) is 11.8 Å². The molecule has 2 aliphatic rings. The van der Waals surface area contributed by atoms with Gasteiger partial charge in [0.1, 0.15) is 5.92 Å². The van der Waals surface area contributed by atoms with E-state index in [0.717, 1.165) is 22.6 Å². The molecule has 1 heterocycles. The average Bonchev–Trinajstić information content (AvgIpc) is 2.94. The molecule has 1 aliphatic heterocycles. The Morgan fingerprint density at radius 1 is 1.00 bits per heavy atom. The first-order chi connectivity index (χ1) is 15.0. The number of para-hydroxylation sites is 2. The Bertz CT molecular complexity index is 1060. The minimum atomic E-state index is -0.837. The lowest BCUT2D eigenvalue weighted by Crippen LogP contribution is -2.39. The number of benzene rings is 2. The molecule has 2 N–H and O–H groups in total. The summed E-state index contributed by atoms with van der Waals surface area (Å²) in [5.41, 5.74) is 3.93. The molecule has 2 aromatic rings. The Morgan fingerprint density at radius 3 is 2.39 bits per heavy atom. The van der Waals surface area contributed by atoms with E-state index < -0.39 is 17.9 Å². The van der Waals surface area contributed by atoms with E-state index in [1.165, 1.54) is 7.11 Å². The molecule has 7 nitrogen and oxygen atoms in total. The standard InChI is InChI=1S/C24H26N2O5/c1-13-11-17-21(23(27)20(13)24(28)31-4)22(26-16-8-6-5-7-15(16)25-17)14-9-10-18(29-2)19(12-14)30-3/h5-10,12-13,20,22,25-26H,11H2,1-4H3/t13-,20-,22-/m0/s1. The summed E-state index contributed by atoms with van der Waals surface area (Å²) in [6, 6.07) is 12.9. The van der Waals surface area contributed by atoms with Gasteiger partial charge in [-0.25, -0.2) is 0 Å². The number of anilines is 2. The van der Waals surface area contributed by atoms with E-state index in [0.29, 0.717) is 23.5 Å². The fraction of sp³-hybridized carbons (Fsp3) is 0.333. The first-order valence-corrected chi connectivity index (χ1v) is 10.2. The summed E-state index contributed by atoms with van der Waals surface area (Å²) >= 11 is 0. The van der Waals surface area contributed by atoms with E-state index in [4.69, 9.17) is 14.2 Å². The smallest absolute Gasteiger partial charge is 0.316 e. The number of carbonyl (C=O) groups is 2. The van der Waals surface area contributed by atoms with Crippen molar-refractivity contribution in [2.45, 2.75) is 19.4 Å². The first-order valence-electron chi connectivity index (χ1n) is 10.2. The molecule has 0 bridgehead atoms. The number of carbonyl (C=O) groups excluding carboxylic acids is 2. The summed E-state index contributed by atoms with van der Waals surface area (Å²) in [7, 11) is 4.47. The predicted molar refractivity (Wildman–Crippen MR) is 117 cm³/mol. The van der Waals surface area contributed by atoms with Crippen LogP contribution in [0.15, 0.2) is 53.7 Å². The van der Waals surface area contributed by atoms with Crippen LogP contribution in [0.25, 0.3) is 0 Å². The molecule has 31 heavy (non-hydrogen) atoms. The van der Waals surface area contributed by atoms with Crippen LogP contribution in [-0.4, -0.2) is 33.1 Å². The zero-order chi connectivity index (χ0) is 22.1. The van der Waals surface area contributed by atoms with Crippen LogP contribution in [0.2, 0.25) is 0 Å². The molecule has 0 radical (unpaired) electrons. The maximum Gasteiger partial charge on any atom is 0.316 e. The van der Waals surface area contributed by atoms with Crippen LogP contribution in [0.1, 0.15) is 24.9 Å². The fourth-order valence-corrected chi connectivity index (χ4v) is 4.42. The van der Waals surface area contributed by atoms with E-state index in [2.05, 4.69) is 10.6 Å². The Morgan fingerprint density at radius 2 is 1.71 bits per heavy atom. The second kappa shape index (κ2) is 8.34. The molecule has 4 rings (SSSR count). The van der Waals surface area contributed by atoms with Gasteiger partial charge in [0.25, 0.3) is 0 Å². The SMILES string of the molecule is COC(=O)[C@@H]1C(=O)C2=C(C[C@@H]1C)Nc1ccccc1N[C@H]2c1ccc(OC)c(OC)c1. The largest absolute Gasteiger partial charge is 0.493 e. The molecular formula is C24H26N2O5. The molecule has 0 amide bonds. The molecule has 0 saturated carbocycles. The van der Waals surface area contributed by atoms with Crippen molar-refractivity contribution in [2.75, 3.05) is 32.0 Å². The number of ketones is 1. The van der Waals surface area contributed by atoms with Crippen molar-refractivity contribution >= 4 is 23.1 Å². The quantitative estimate of drug-likeness (QED) is 0.570. The van der Waals surface area contributed by atoms with Crippen molar-refractivity contribution in [3.63, 3.8) is 0 Å². The topological polar surface area (TPSA) is 85.9 Å². The number of esters is 1. The number of allylic oxidation sites excluding steroid dienone is 1. The molecule has 0 unspecified atom stereocenters. The summed E-state index contributed by atoms with van der Waals surface area (Å²) in [5, 5.41) is 6.94. The number of rotatable bonds is 4. The van der Waals surface area contributed by atoms with Crippen LogP contribution < -0.4 is 20.1 Å². The lowest BCUT2D eigenvalue weighted by Gasteiger charge is -2.32. The molecule has 0 saturated heterocycles. The van der Waals surface area contributed by atoms with Gasteiger partial charge >= 0.3 is 5.97 Å². The van der Waals surface area contributed by atoms with Crippen LogP contribution >= 0.6 is 0 Å². The molecule has 3 atom stereocenters. The minimum Gasteiger partial charge on any atom is -0.493 e. The van der Waals surface area contributed by atoms with Gasteiger partial charge in [0.15, 0.2) is 17.3 Å². The maximum absolute atomic E-state index is 13.6. The zero-order valence-electron chi connectivity index (χ0n) is 18.0. The van der Waals surface area contributed by atoms with E-state index in [-0.39, 0.29) is 11.7 Å². The molecule has 0 aromatic heterocycles. The Labute approximate surface area is 181 Å². The van der Waals surface area contributed by atoms with E-state index in [1.54, 1.807) is 14.2 Å². The van der Waals surface area contributed by atoms with E-state index >= 15 is 0 Å². The molecule has 0 spiro atoms. The van der Waals surface area contributed by atoms with Crippen LogP contribution in [-0.2, 0) is 14.3 Å². The van der Waals surface area contributed by atoms with Crippen LogP contribution in [0.3, 0.4) is 0 Å². The van der Waals surface area contributed by atoms with Crippen molar-refractivity contribution in [1.29, 1.82) is 0 Å². The lowest BCUT2D eigenvalue weighted by molar-refractivity contribution is -0.151. The molecule has 162 valence electrons. The zero-order valence-corrected chi connectivity index (χ0v) is 18.0. The van der Waals surface area contributed by atoms with Gasteiger partial charge in [0.2, 0.25) is 0 Å². The number of hydrogen-bond donors (Lipinski definition) is 2. The Hall–Kier alpha value is -3.48. The third kappa shape index (κ3) is 3.60. The number of hydrogen-bond acceptors (Lipinski definition) is 7. The monoisotopic (exact) mass is 422 g/mol. The van der Waals surface area contributed by atoms with Crippen LogP contribution in [0.4, 0.5) is 11.4 Å². The normalized spacial score (nSPS) is 22.3. The highest BCUT2D eigenvalue weighted by molar-refractivity contribution is 6.11. The lowest BCUT2D eigenvalue weighted by atomic mass is 9.75. The van der Waals surface area contributed by atoms with Gasteiger partial charge in [-0.05, 0) is 42.2 Å². The summed E-state index contributed by atoms with van der Waals surface area (Å²) in [4.78, 5) is 26.1. The second-order valence-corrected chi connectivity index (χ2v) is 7.80. The van der Waals surface area contributed by atoms with Gasteiger partial charge in [-0.1, -0.05) is 25.1 Å². The molecular weight excluding hydrogens is 396 g/mol. The van der Waals surface area contributed by atoms with Crippen LogP contribution in [0.5, 0.6) is 11.5 Å². The Kier molecular flexibility index (Phi) is 5.59. The number of methoxy groups -OCH3 is 3. The van der Waals surface area contributed by atoms with Crippen molar-refractivity contribution in [3.05, 3.63) is 59.3 Å². The third-order valence-corrected chi connectivity index (χ3v) is 5.97. The highest BCUT2D eigenvalue weighted by Gasteiger charge is 2.44. The van der Waals surface area contributed by atoms with Gasteiger partial charge in [-0.15, -0.1) is 0 Å². The maximum atomic E-state index is 13.6. The fourth-order valence-electron chi connectivity index (χ4n) is 4.42. The highest BCUT2D eigenvalue weighted by atomic mass is 16.5. The van der Waals surface area contributed by atoms with Gasteiger partial charge in [-0.3, -0.25) is 9.59 Å². The molecule has 2 aromatic carbocycles. The summed E-state index contributed by atoms with van der Waals surface area (Å²) in [5.74, 6) is -0.581. The molecule has 0 fully saturated rings. The molecule has 7 heteroatoms. The van der Waals surface area contributed by atoms with E-state index in [9.17, 15) is 9.59 Å². The average molecular weight is 422 g/mol. The van der Waals surface area contributed by atoms with E-state index in [1.807, 2.05) is 49.4 Å². The summed E-state index contributed by atoms with van der Waals surface area (Å²) in [6.07, 6.45) is 0.556. The van der Waals surface area contributed by atoms with Gasteiger partial charge in [0, 0.05) is 11.3 Å².